The van der Waals surface area contributed by atoms with Gasteiger partial charge in [0.1, 0.15) is 0 Å². The Balaban J connectivity index is 2.30. The van der Waals surface area contributed by atoms with Crippen molar-refractivity contribution in [3.05, 3.63) is 47.7 Å². The normalized spacial score (nSPS) is 9.62. The van der Waals surface area contributed by atoms with Gasteiger partial charge in [-0.05, 0) is 25.8 Å². The average molecular weight is 218 g/mol. The third-order valence-corrected chi connectivity index (χ3v) is 2.11. The molecule has 0 saturated carbocycles. The molecule has 16 heavy (non-hydrogen) atoms. The zero-order valence-corrected chi connectivity index (χ0v) is 9.84. The third-order valence-electron chi connectivity index (χ3n) is 2.11. The summed E-state index contributed by atoms with van der Waals surface area (Å²) < 4.78 is 0. The number of urea groups is 1. The first kappa shape index (κ1) is 12.3. The fourth-order valence-corrected chi connectivity index (χ4v) is 1.43. The molecule has 0 heterocycles. The average Bonchev–Trinajstić information content (AvgIpc) is 2.16. The monoisotopic (exact) mass is 218 g/mol. The van der Waals surface area contributed by atoms with E-state index in [0.29, 0.717) is 12.2 Å². The fraction of sp³-hybridized carbons (Fsp3) is 0.308. The molecule has 0 aliphatic heterocycles. The molecule has 0 atom stereocenters. The molecule has 1 rings (SSSR count). The van der Waals surface area contributed by atoms with Crippen molar-refractivity contribution in [1.29, 1.82) is 0 Å². The van der Waals surface area contributed by atoms with Crippen LogP contribution in [0.3, 0.4) is 0 Å². The Labute approximate surface area is 96.6 Å². The number of carbonyl (C=O) groups is 1. The van der Waals surface area contributed by atoms with Crippen molar-refractivity contribution in [2.45, 2.75) is 20.3 Å². The minimum Gasteiger partial charge on any atom is -0.338 e. The summed E-state index contributed by atoms with van der Waals surface area (Å²) >= 11 is 0. The molecule has 1 aromatic carbocycles. The van der Waals surface area contributed by atoms with Crippen LogP contribution < -0.4 is 10.6 Å². The van der Waals surface area contributed by atoms with Crippen LogP contribution in [0.1, 0.15) is 18.1 Å². The number of rotatable bonds is 4. The van der Waals surface area contributed by atoms with Gasteiger partial charge >= 0.3 is 6.03 Å². The lowest BCUT2D eigenvalue weighted by molar-refractivity contribution is 0.243. The second-order valence-corrected chi connectivity index (χ2v) is 3.90. The lowest BCUT2D eigenvalue weighted by Gasteiger charge is -2.07. The van der Waals surface area contributed by atoms with Gasteiger partial charge in [-0.1, -0.05) is 36.4 Å². The molecule has 1 aromatic rings. The van der Waals surface area contributed by atoms with Gasteiger partial charge in [-0.2, -0.15) is 0 Å². The van der Waals surface area contributed by atoms with Crippen LogP contribution in [0.5, 0.6) is 0 Å². The van der Waals surface area contributed by atoms with Crippen LogP contribution >= 0.6 is 0 Å². The number of benzene rings is 1. The molecule has 0 saturated heterocycles. The Morgan fingerprint density at radius 3 is 2.81 bits per heavy atom. The highest BCUT2D eigenvalue weighted by molar-refractivity contribution is 5.75. The molecule has 0 spiro atoms. The van der Waals surface area contributed by atoms with Gasteiger partial charge < -0.3 is 10.6 Å². The third kappa shape index (κ3) is 4.64. The smallest absolute Gasteiger partial charge is 0.318 e. The van der Waals surface area contributed by atoms with E-state index in [0.717, 1.165) is 6.42 Å². The van der Waals surface area contributed by atoms with Crippen LogP contribution in [-0.4, -0.2) is 12.6 Å². The van der Waals surface area contributed by atoms with Crippen LogP contribution in [0.4, 0.5) is 4.79 Å². The Morgan fingerprint density at radius 2 is 2.19 bits per heavy atom. The molecule has 0 bridgehead atoms. The second kappa shape index (κ2) is 5.95. The van der Waals surface area contributed by atoms with E-state index in [-0.39, 0.29) is 6.03 Å². The van der Waals surface area contributed by atoms with Crippen molar-refractivity contribution in [3.8, 4) is 0 Å². The summed E-state index contributed by atoms with van der Waals surface area (Å²) in [6.45, 7) is 8.04. The number of hydrogen-bond acceptors (Lipinski definition) is 1. The van der Waals surface area contributed by atoms with Gasteiger partial charge in [0.05, 0.1) is 0 Å². The Kier molecular flexibility index (Phi) is 4.58. The lowest BCUT2D eigenvalue weighted by Crippen LogP contribution is -2.35. The first-order valence-electron chi connectivity index (χ1n) is 5.34. The minimum atomic E-state index is -0.194. The summed E-state index contributed by atoms with van der Waals surface area (Å²) in [4.78, 5) is 11.2. The molecule has 3 nitrogen and oxygen atoms in total. The predicted molar refractivity (Wildman–Crippen MR) is 66.2 cm³/mol. The number of carbonyl (C=O) groups excluding carboxylic acids is 1. The summed E-state index contributed by atoms with van der Waals surface area (Å²) in [5.74, 6) is 0. The highest BCUT2D eigenvalue weighted by Gasteiger charge is 1.99. The molecule has 0 aromatic heterocycles. The molecule has 0 aliphatic carbocycles. The van der Waals surface area contributed by atoms with E-state index in [2.05, 4.69) is 42.3 Å². The fourth-order valence-electron chi connectivity index (χ4n) is 1.43. The summed E-state index contributed by atoms with van der Waals surface area (Å²) in [5.41, 5.74) is 3.12. The Morgan fingerprint density at radius 1 is 1.44 bits per heavy atom. The number of amides is 2. The molecule has 3 heteroatoms. The SMILES string of the molecule is C=C(C)NC(=O)NCCc1cccc(C)c1. The number of hydrogen-bond donors (Lipinski definition) is 2. The molecular formula is C13H18N2O. The van der Waals surface area contributed by atoms with Gasteiger partial charge in [0, 0.05) is 12.2 Å². The van der Waals surface area contributed by atoms with Crippen LogP contribution in [0.2, 0.25) is 0 Å². The molecule has 86 valence electrons. The van der Waals surface area contributed by atoms with Crippen molar-refractivity contribution in [3.63, 3.8) is 0 Å². The lowest BCUT2D eigenvalue weighted by atomic mass is 10.1. The quantitative estimate of drug-likeness (QED) is 0.800. The molecular weight excluding hydrogens is 200 g/mol. The molecule has 0 aliphatic rings. The zero-order chi connectivity index (χ0) is 12.0. The molecule has 0 unspecified atom stereocenters. The van der Waals surface area contributed by atoms with E-state index in [9.17, 15) is 4.79 Å². The van der Waals surface area contributed by atoms with Gasteiger partial charge in [-0.15, -0.1) is 0 Å². The van der Waals surface area contributed by atoms with Crippen molar-refractivity contribution < 1.29 is 4.79 Å². The number of allylic oxidation sites excluding steroid dienone is 1. The molecule has 0 radical (unpaired) electrons. The van der Waals surface area contributed by atoms with E-state index in [1.807, 2.05) is 6.07 Å². The Bertz CT molecular complexity index is 385. The predicted octanol–water partition coefficient (Wildman–Crippen LogP) is 2.37. The van der Waals surface area contributed by atoms with Gasteiger partial charge in [-0.3, -0.25) is 0 Å². The maximum atomic E-state index is 11.2. The second-order valence-electron chi connectivity index (χ2n) is 3.90. The number of nitrogens with one attached hydrogen (secondary N) is 2. The Hall–Kier alpha value is -1.77. The van der Waals surface area contributed by atoms with Crippen LogP contribution in [0, 0.1) is 6.92 Å². The maximum absolute atomic E-state index is 11.2. The van der Waals surface area contributed by atoms with Crippen LogP contribution in [0.15, 0.2) is 36.5 Å². The summed E-state index contributed by atoms with van der Waals surface area (Å²) in [7, 11) is 0. The summed E-state index contributed by atoms with van der Waals surface area (Å²) in [6, 6.07) is 8.08. The van der Waals surface area contributed by atoms with E-state index in [1.54, 1.807) is 6.92 Å². The van der Waals surface area contributed by atoms with Crippen molar-refractivity contribution in [2.24, 2.45) is 0 Å². The molecule has 2 N–H and O–H groups in total. The zero-order valence-electron chi connectivity index (χ0n) is 9.84. The minimum absolute atomic E-state index is 0.194. The van der Waals surface area contributed by atoms with Crippen molar-refractivity contribution in [2.75, 3.05) is 6.54 Å². The van der Waals surface area contributed by atoms with Gasteiger partial charge in [0.2, 0.25) is 0 Å². The van der Waals surface area contributed by atoms with E-state index >= 15 is 0 Å². The summed E-state index contributed by atoms with van der Waals surface area (Å²) in [5, 5.41) is 5.37. The van der Waals surface area contributed by atoms with Crippen LogP contribution in [-0.2, 0) is 6.42 Å². The topological polar surface area (TPSA) is 41.1 Å². The molecule has 2 amide bonds. The maximum Gasteiger partial charge on any atom is 0.318 e. The highest BCUT2D eigenvalue weighted by Crippen LogP contribution is 2.03. The first-order chi connectivity index (χ1) is 7.58. The van der Waals surface area contributed by atoms with Crippen LogP contribution in [0.25, 0.3) is 0 Å². The first-order valence-corrected chi connectivity index (χ1v) is 5.34. The standard InChI is InChI=1S/C13H18N2O/c1-10(2)15-13(16)14-8-7-12-6-4-5-11(3)9-12/h4-6,9H,1,7-8H2,2-3H3,(H2,14,15,16). The van der Waals surface area contributed by atoms with Gasteiger partial charge in [0.15, 0.2) is 0 Å². The summed E-state index contributed by atoms with van der Waals surface area (Å²) in [6.07, 6.45) is 0.839. The highest BCUT2D eigenvalue weighted by atomic mass is 16.2. The van der Waals surface area contributed by atoms with E-state index in [4.69, 9.17) is 0 Å². The van der Waals surface area contributed by atoms with E-state index < -0.39 is 0 Å². The molecule has 0 fully saturated rings. The van der Waals surface area contributed by atoms with Gasteiger partial charge in [0.25, 0.3) is 0 Å². The largest absolute Gasteiger partial charge is 0.338 e. The van der Waals surface area contributed by atoms with E-state index in [1.165, 1.54) is 11.1 Å². The number of aryl methyl sites for hydroxylation is 1. The van der Waals surface area contributed by atoms with Crippen molar-refractivity contribution >= 4 is 6.03 Å². The van der Waals surface area contributed by atoms with Crippen molar-refractivity contribution in [1.82, 2.24) is 10.6 Å². The van der Waals surface area contributed by atoms with Gasteiger partial charge in [-0.25, -0.2) is 4.79 Å².